The van der Waals surface area contributed by atoms with E-state index in [4.69, 9.17) is 16.7 Å². The maximum Gasteiger partial charge on any atom is 0.336 e. The van der Waals surface area contributed by atoms with Crippen LogP contribution in [0.15, 0.2) is 23.1 Å². The topological polar surface area (TPSA) is 147 Å². The molecule has 1 rings (SSSR count). The van der Waals surface area contributed by atoms with Crippen LogP contribution in [0.4, 0.5) is 5.69 Å². The number of sulfonamides is 1. The van der Waals surface area contributed by atoms with Gasteiger partial charge in [-0.1, -0.05) is 11.6 Å². The molecule has 0 saturated carbocycles. The molecular formula is C10H11ClN2O7S. The van der Waals surface area contributed by atoms with Gasteiger partial charge >= 0.3 is 5.97 Å². The molecule has 0 amide bonds. The molecule has 0 fully saturated rings. The van der Waals surface area contributed by atoms with Crippen molar-refractivity contribution in [1.82, 2.24) is 4.72 Å². The van der Waals surface area contributed by atoms with Gasteiger partial charge in [0.2, 0.25) is 10.0 Å². The first-order valence-electron chi connectivity index (χ1n) is 5.37. The second-order valence-electron chi connectivity index (χ2n) is 4.27. The number of benzene rings is 1. The normalized spacial score (nSPS) is 14.4. The van der Waals surface area contributed by atoms with Gasteiger partial charge in [0.25, 0.3) is 5.69 Å². The van der Waals surface area contributed by atoms with E-state index in [1.165, 1.54) is 0 Å². The van der Waals surface area contributed by atoms with Crippen LogP contribution in [-0.2, 0) is 14.8 Å². The van der Waals surface area contributed by atoms with Gasteiger partial charge in [0, 0.05) is 11.1 Å². The molecule has 0 aliphatic rings. The Morgan fingerprint density at radius 3 is 2.57 bits per heavy atom. The zero-order valence-electron chi connectivity index (χ0n) is 10.6. The van der Waals surface area contributed by atoms with Crippen molar-refractivity contribution in [3.63, 3.8) is 0 Å². The Bertz CT molecular complexity index is 687. The summed E-state index contributed by atoms with van der Waals surface area (Å²) in [5.74, 6) is -1.64. The summed E-state index contributed by atoms with van der Waals surface area (Å²) in [6.45, 7) is 0.0264. The first kappa shape index (κ1) is 17.3. The number of aliphatic hydroxyl groups is 1. The van der Waals surface area contributed by atoms with Crippen molar-refractivity contribution in [3.8, 4) is 0 Å². The van der Waals surface area contributed by atoms with E-state index >= 15 is 0 Å². The molecule has 116 valence electrons. The Kier molecular flexibility index (Phi) is 4.89. The number of carboxylic acid groups (broad SMARTS) is 1. The fourth-order valence-corrected chi connectivity index (χ4v) is 2.70. The summed E-state index contributed by atoms with van der Waals surface area (Å²) in [6, 6.07) is 2.90. The van der Waals surface area contributed by atoms with Crippen molar-refractivity contribution in [3.05, 3.63) is 33.3 Å². The van der Waals surface area contributed by atoms with Gasteiger partial charge in [-0.15, -0.1) is 0 Å². The second-order valence-corrected chi connectivity index (χ2v) is 6.44. The minimum atomic E-state index is -4.39. The summed E-state index contributed by atoms with van der Waals surface area (Å²) in [6.07, 6.45) is 0. The molecule has 1 aromatic rings. The summed E-state index contributed by atoms with van der Waals surface area (Å²) in [7, 11) is -4.39. The number of hydrogen-bond acceptors (Lipinski definition) is 6. The fraction of sp³-hybridized carbons (Fsp3) is 0.300. The van der Waals surface area contributed by atoms with Gasteiger partial charge in [0.1, 0.15) is 0 Å². The number of carboxylic acids is 1. The second kappa shape index (κ2) is 5.93. The SMILES string of the molecule is CC(O)(CNS(=O)(=O)c1ccc(Cl)cc1[N+](=O)[O-])C(=O)O. The van der Waals surface area contributed by atoms with Crippen molar-refractivity contribution in [1.29, 1.82) is 0 Å². The predicted molar refractivity (Wildman–Crippen MR) is 71.6 cm³/mol. The summed E-state index contributed by atoms with van der Waals surface area (Å²) >= 11 is 5.56. The average Bonchev–Trinajstić information content (AvgIpc) is 2.36. The largest absolute Gasteiger partial charge is 0.479 e. The van der Waals surface area contributed by atoms with Gasteiger partial charge in [0.15, 0.2) is 10.5 Å². The lowest BCUT2D eigenvalue weighted by Gasteiger charge is -2.18. The van der Waals surface area contributed by atoms with Crippen molar-refractivity contribution >= 4 is 33.3 Å². The van der Waals surface area contributed by atoms with Crippen molar-refractivity contribution in [2.45, 2.75) is 17.4 Å². The molecule has 1 atom stereocenters. The highest BCUT2D eigenvalue weighted by Gasteiger charge is 2.33. The van der Waals surface area contributed by atoms with E-state index in [2.05, 4.69) is 0 Å². The quantitative estimate of drug-likeness (QED) is 0.501. The lowest BCUT2D eigenvalue weighted by atomic mass is 10.1. The average molecular weight is 339 g/mol. The van der Waals surface area contributed by atoms with Crippen molar-refractivity contribution in [2.75, 3.05) is 6.54 Å². The number of nitro benzene ring substituents is 1. The van der Waals surface area contributed by atoms with Crippen molar-refractivity contribution < 1.29 is 28.3 Å². The van der Waals surface area contributed by atoms with E-state index in [9.17, 15) is 28.4 Å². The highest BCUT2D eigenvalue weighted by Crippen LogP contribution is 2.27. The molecule has 11 heteroatoms. The molecular weight excluding hydrogens is 328 g/mol. The summed E-state index contributed by atoms with van der Waals surface area (Å²) in [5.41, 5.74) is -3.11. The van der Waals surface area contributed by atoms with E-state index < -0.39 is 43.6 Å². The highest BCUT2D eigenvalue weighted by molar-refractivity contribution is 7.89. The minimum absolute atomic E-state index is 0.0295. The summed E-state index contributed by atoms with van der Waals surface area (Å²) in [4.78, 5) is 19.9. The van der Waals surface area contributed by atoms with Crippen LogP contribution in [0.3, 0.4) is 0 Å². The molecule has 1 unspecified atom stereocenters. The third-order valence-electron chi connectivity index (χ3n) is 2.47. The number of rotatable bonds is 6. The van der Waals surface area contributed by atoms with E-state index in [-0.39, 0.29) is 5.02 Å². The maximum atomic E-state index is 12.0. The molecule has 1 aromatic carbocycles. The maximum absolute atomic E-state index is 12.0. The molecule has 0 aromatic heterocycles. The lowest BCUT2D eigenvalue weighted by Crippen LogP contribution is -2.46. The number of hydrogen-bond donors (Lipinski definition) is 3. The molecule has 0 bridgehead atoms. The Labute approximate surface area is 124 Å². The zero-order valence-corrected chi connectivity index (χ0v) is 12.2. The van der Waals surface area contributed by atoms with Crippen LogP contribution in [0.25, 0.3) is 0 Å². The first-order valence-corrected chi connectivity index (χ1v) is 7.23. The van der Waals surface area contributed by atoms with Gasteiger partial charge < -0.3 is 10.2 Å². The lowest BCUT2D eigenvalue weighted by molar-refractivity contribution is -0.387. The van der Waals surface area contributed by atoms with Gasteiger partial charge in [-0.25, -0.2) is 17.9 Å². The fourth-order valence-electron chi connectivity index (χ4n) is 1.25. The van der Waals surface area contributed by atoms with Crippen LogP contribution in [0, 0.1) is 10.1 Å². The van der Waals surface area contributed by atoms with Crippen molar-refractivity contribution in [2.24, 2.45) is 0 Å². The molecule has 0 heterocycles. The number of aliphatic carboxylic acids is 1. The van der Waals surface area contributed by atoms with E-state index in [0.29, 0.717) is 0 Å². The third kappa shape index (κ3) is 4.11. The zero-order chi connectivity index (χ0) is 16.4. The number of carbonyl (C=O) groups is 1. The molecule has 21 heavy (non-hydrogen) atoms. The van der Waals surface area contributed by atoms with Crippen LogP contribution < -0.4 is 4.72 Å². The number of halogens is 1. The minimum Gasteiger partial charge on any atom is -0.479 e. The number of nitrogens with one attached hydrogen (secondary N) is 1. The van der Waals surface area contributed by atoms with Gasteiger partial charge in [-0.2, -0.15) is 0 Å². The molecule has 9 nitrogen and oxygen atoms in total. The van der Waals surface area contributed by atoms with Gasteiger partial charge in [-0.3, -0.25) is 10.1 Å². The summed E-state index contributed by atoms with van der Waals surface area (Å²) < 4.78 is 25.8. The van der Waals surface area contributed by atoms with E-state index in [1.54, 1.807) is 4.72 Å². The Morgan fingerprint density at radius 1 is 1.52 bits per heavy atom. The Hall–Kier alpha value is -1.75. The third-order valence-corrected chi connectivity index (χ3v) is 4.16. The van der Waals surface area contributed by atoms with Crippen LogP contribution in [0.5, 0.6) is 0 Å². The standard InChI is InChI=1S/C10H11ClN2O7S/c1-10(16,9(14)15)5-12-21(19,20)8-3-2-6(11)4-7(8)13(17)18/h2-4,12,16H,5H2,1H3,(H,14,15). The van der Waals surface area contributed by atoms with Gasteiger partial charge in [0.05, 0.1) is 11.5 Å². The van der Waals surface area contributed by atoms with Crippen LogP contribution in [0.1, 0.15) is 6.92 Å². The Morgan fingerprint density at radius 2 is 2.10 bits per heavy atom. The molecule has 0 saturated heterocycles. The van der Waals surface area contributed by atoms with Crippen LogP contribution in [-0.4, -0.2) is 41.7 Å². The first-order chi connectivity index (χ1) is 9.47. The highest BCUT2D eigenvalue weighted by atomic mass is 35.5. The Balaban J connectivity index is 3.15. The molecule has 0 radical (unpaired) electrons. The van der Waals surface area contributed by atoms with E-state index in [1.807, 2.05) is 0 Å². The molecule has 0 aliphatic carbocycles. The molecule has 0 spiro atoms. The number of nitro groups is 1. The van der Waals surface area contributed by atoms with E-state index in [0.717, 1.165) is 25.1 Å². The number of nitrogens with zero attached hydrogens (tertiary/aromatic N) is 1. The summed E-state index contributed by atoms with van der Waals surface area (Å²) in [5, 5.41) is 28.9. The molecule has 3 N–H and O–H groups in total. The van der Waals surface area contributed by atoms with Gasteiger partial charge in [-0.05, 0) is 19.1 Å². The van der Waals surface area contributed by atoms with Crippen LogP contribution >= 0.6 is 11.6 Å². The predicted octanol–water partition coefficient (Wildman–Crippen LogP) is 0.362. The molecule has 0 aliphatic heterocycles. The smallest absolute Gasteiger partial charge is 0.336 e. The van der Waals surface area contributed by atoms with Crippen LogP contribution in [0.2, 0.25) is 5.02 Å². The monoisotopic (exact) mass is 338 g/mol.